The first-order valence-corrected chi connectivity index (χ1v) is 7.26. The summed E-state index contributed by atoms with van der Waals surface area (Å²) in [4.78, 5) is 10.7. The van der Waals surface area contributed by atoms with Crippen LogP contribution in [-0.2, 0) is 4.74 Å². The molecule has 0 bridgehead atoms. The highest BCUT2D eigenvalue weighted by Gasteiger charge is 2.36. The summed E-state index contributed by atoms with van der Waals surface area (Å²) in [6.07, 6.45) is 3.43. The summed E-state index contributed by atoms with van der Waals surface area (Å²) in [5.74, 6) is 1.13. The van der Waals surface area contributed by atoms with Gasteiger partial charge in [-0.3, -0.25) is 0 Å². The van der Waals surface area contributed by atoms with Crippen LogP contribution in [0, 0.1) is 6.92 Å². The molecule has 102 valence electrons. The van der Waals surface area contributed by atoms with E-state index in [-0.39, 0.29) is 5.60 Å². The molecule has 3 N–H and O–H groups in total. The lowest BCUT2D eigenvalue weighted by atomic mass is 9.80. The summed E-state index contributed by atoms with van der Waals surface area (Å²) < 4.78 is 5.61. The SMILES string of the molecule is COC1(CNc2nc(N)nc3sc(C)cc23)CCC1. The Bertz CT molecular complexity index is 600. The number of hydrogen-bond donors (Lipinski definition) is 2. The molecule has 0 atom stereocenters. The number of methoxy groups -OCH3 is 1. The first-order valence-electron chi connectivity index (χ1n) is 6.45. The number of nitrogens with one attached hydrogen (secondary N) is 1. The van der Waals surface area contributed by atoms with Crippen LogP contribution in [0.25, 0.3) is 10.2 Å². The molecule has 0 unspecified atom stereocenters. The number of anilines is 2. The van der Waals surface area contributed by atoms with Crippen molar-refractivity contribution in [3.8, 4) is 0 Å². The monoisotopic (exact) mass is 278 g/mol. The van der Waals surface area contributed by atoms with E-state index in [2.05, 4.69) is 28.3 Å². The fraction of sp³-hybridized carbons (Fsp3) is 0.538. The summed E-state index contributed by atoms with van der Waals surface area (Å²) in [5.41, 5.74) is 5.73. The lowest BCUT2D eigenvalue weighted by Gasteiger charge is -2.40. The van der Waals surface area contributed by atoms with E-state index >= 15 is 0 Å². The number of nitrogens with two attached hydrogens (primary N) is 1. The summed E-state index contributed by atoms with van der Waals surface area (Å²) in [6, 6.07) is 2.10. The van der Waals surface area contributed by atoms with Gasteiger partial charge in [0.2, 0.25) is 5.95 Å². The third-order valence-corrected chi connectivity index (χ3v) is 4.75. The van der Waals surface area contributed by atoms with E-state index in [1.165, 1.54) is 11.3 Å². The summed E-state index contributed by atoms with van der Waals surface area (Å²) >= 11 is 1.64. The maximum atomic E-state index is 5.77. The Kier molecular flexibility index (Phi) is 3.06. The van der Waals surface area contributed by atoms with Crippen molar-refractivity contribution in [1.82, 2.24) is 9.97 Å². The molecular formula is C13H18N4OS. The van der Waals surface area contributed by atoms with E-state index in [1.807, 2.05) is 0 Å². The zero-order chi connectivity index (χ0) is 13.5. The van der Waals surface area contributed by atoms with Crippen molar-refractivity contribution in [2.45, 2.75) is 31.8 Å². The second kappa shape index (κ2) is 4.61. The zero-order valence-corrected chi connectivity index (χ0v) is 12.0. The zero-order valence-electron chi connectivity index (χ0n) is 11.2. The van der Waals surface area contributed by atoms with Crippen LogP contribution in [0.4, 0.5) is 11.8 Å². The quantitative estimate of drug-likeness (QED) is 0.899. The molecule has 1 aliphatic rings. The van der Waals surface area contributed by atoms with Crippen LogP contribution < -0.4 is 11.1 Å². The second-order valence-electron chi connectivity index (χ2n) is 5.10. The van der Waals surface area contributed by atoms with Crippen molar-refractivity contribution in [3.05, 3.63) is 10.9 Å². The molecule has 2 aromatic rings. The normalized spacial score (nSPS) is 17.4. The molecule has 2 aromatic heterocycles. The lowest BCUT2D eigenvalue weighted by Crippen LogP contribution is -2.45. The fourth-order valence-electron chi connectivity index (χ4n) is 2.46. The Labute approximate surface area is 116 Å². The highest BCUT2D eigenvalue weighted by atomic mass is 32.1. The Morgan fingerprint density at radius 3 is 2.89 bits per heavy atom. The number of hydrogen-bond acceptors (Lipinski definition) is 6. The van der Waals surface area contributed by atoms with Gasteiger partial charge in [0, 0.05) is 18.5 Å². The summed E-state index contributed by atoms with van der Waals surface area (Å²) in [6.45, 7) is 2.83. The second-order valence-corrected chi connectivity index (χ2v) is 6.34. The largest absolute Gasteiger partial charge is 0.376 e. The molecule has 19 heavy (non-hydrogen) atoms. The molecular weight excluding hydrogens is 260 g/mol. The minimum atomic E-state index is -0.0307. The van der Waals surface area contributed by atoms with Crippen LogP contribution in [0.2, 0.25) is 0 Å². The number of nitrogens with zero attached hydrogens (tertiary/aromatic N) is 2. The molecule has 1 saturated carbocycles. The Morgan fingerprint density at radius 1 is 1.47 bits per heavy atom. The molecule has 0 aliphatic heterocycles. The van der Waals surface area contributed by atoms with E-state index in [0.29, 0.717) is 5.95 Å². The van der Waals surface area contributed by atoms with E-state index in [0.717, 1.165) is 35.4 Å². The van der Waals surface area contributed by atoms with Crippen LogP contribution in [0.1, 0.15) is 24.1 Å². The Balaban J connectivity index is 1.87. The lowest BCUT2D eigenvalue weighted by molar-refractivity contribution is -0.0601. The van der Waals surface area contributed by atoms with Crippen LogP contribution in [-0.4, -0.2) is 29.2 Å². The van der Waals surface area contributed by atoms with Gasteiger partial charge < -0.3 is 15.8 Å². The van der Waals surface area contributed by atoms with Crippen LogP contribution >= 0.6 is 11.3 Å². The van der Waals surface area contributed by atoms with Gasteiger partial charge in [-0.05, 0) is 32.3 Å². The van der Waals surface area contributed by atoms with Gasteiger partial charge in [0.1, 0.15) is 10.6 Å². The first-order chi connectivity index (χ1) is 9.12. The molecule has 6 heteroatoms. The van der Waals surface area contributed by atoms with Crippen molar-refractivity contribution in [1.29, 1.82) is 0 Å². The number of thiophene rings is 1. The van der Waals surface area contributed by atoms with Gasteiger partial charge in [0.15, 0.2) is 0 Å². The maximum absolute atomic E-state index is 5.77. The average Bonchev–Trinajstić information content (AvgIpc) is 2.68. The van der Waals surface area contributed by atoms with E-state index in [1.54, 1.807) is 18.4 Å². The number of fused-ring (bicyclic) bond motifs is 1. The smallest absolute Gasteiger partial charge is 0.223 e. The van der Waals surface area contributed by atoms with Gasteiger partial charge in [-0.25, -0.2) is 4.98 Å². The standard InChI is InChI=1S/C13H18N4OS/c1-8-6-9-10(16-12(14)17-11(9)19-8)15-7-13(18-2)4-3-5-13/h6H,3-5,7H2,1-2H3,(H3,14,15,16,17). The van der Waals surface area contributed by atoms with Crippen molar-refractivity contribution >= 4 is 33.3 Å². The fourth-order valence-corrected chi connectivity index (χ4v) is 3.35. The molecule has 2 heterocycles. The van der Waals surface area contributed by atoms with Crippen LogP contribution in [0.3, 0.4) is 0 Å². The average molecular weight is 278 g/mol. The molecule has 0 amide bonds. The Morgan fingerprint density at radius 2 is 2.26 bits per heavy atom. The van der Waals surface area contributed by atoms with Gasteiger partial charge >= 0.3 is 0 Å². The predicted molar refractivity (Wildman–Crippen MR) is 78.6 cm³/mol. The van der Waals surface area contributed by atoms with E-state index < -0.39 is 0 Å². The third-order valence-electron chi connectivity index (χ3n) is 3.81. The van der Waals surface area contributed by atoms with Gasteiger partial charge in [0.05, 0.1) is 11.0 Å². The van der Waals surface area contributed by atoms with E-state index in [4.69, 9.17) is 10.5 Å². The molecule has 0 radical (unpaired) electrons. The molecule has 0 aromatic carbocycles. The van der Waals surface area contributed by atoms with Crippen molar-refractivity contribution in [3.63, 3.8) is 0 Å². The van der Waals surface area contributed by atoms with Crippen LogP contribution in [0.15, 0.2) is 6.07 Å². The topological polar surface area (TPSA) is 73.1 Å². The van der Waals surface area contributed by atoms with Gasteiger partial charge in [-0.2, -0.15) is 4.98 Å². The molecule has 0 saturated heterocycles. The summed E-state index contributed by atoms with van der Waals surface area (Å²) in [7, 11) is 1.78. The minimum Gasteiger partial charge on any atom is -0.376 e. The maximum Gasteiger partial charge on any atom is 0.223 e. The van der Waals surface area contributed by atoms with E-state index in [9.17, 15) is 0 Å². The van der Waals surface area contributed by atoms with Crippen molar-refractivity contribution in [2.75, 3.05) is 24.7 Å². The van der Waals surface area contributed by atoms with Gasteiger partial charge in [-0.1, -0.05) is 0 Å². The number of rotatable bonds is 4. The molecule has 1 fully saturated rings. The predicted octanol–water partition coefficient (Wildman–Crippen LogP) is 2.56. The molecule has 3 rings (SSSR count). The first kappa shape index (κ1) is 12.6. The van der Waals surface area contributed by atoms with Crippen LogP contribution in [0.5, 0.6) is 0 Å². The highest BCUT2D eigenvalue weighted by molar-refractivity contribution is 7.18. The minimum absolute atomic E-state index is 0.0307. The van der Waals surface area contributed by atoms with Gasteiger partial charge in [0.25, 0.3) is 0 Å². The number of aromatic nitrogens is 2. The number of aryl methyl sites for hydroxylation is 1. The van der Waals surface area contributed by atoms with Crippen molar-refractivity contribution < 1.29 is 4.74 Å². The Hall–Kier alpha value is -1.40. The molecule has 0 spiro atoms. The van der Waals surface area contributed by atoms with Gasteiger partial charge in [-0.15, -0.1) is 11.3 Å². The third kappa shape index (κ3) is 2.26. The molecule has 5 nitrogen and oxygen atoms in total. The van der Waals surface area contributed by atoms with Crippen molar-refractivity contribution in [2.24, 2.45) is 0 Å². The number of nitrogen functional groups attached to an aromatic ring is 1. The number of ether oxygens (including phenoxy) is 1. The molecule has 1 aliphatic carbocycles. The summed E-state index contributed by atoms with van der Waals surface area (Å²) in [5, 5.41) is 4.43. The highest BCUT2D eigenvalue weighted by Crippen LogP contribution is 2.36.